The SMILES string of the molecule is N#Cc1c(OCC2(CN3CCOCC3)CC2)nc(N2C[C@H]3CC[C@@H](C2)N3)c2c1CN(Cc1ccccc1)CC2. The average molecular weight is 529 g/mol. The van der Waals surface area contributed by atoms with Crippen LogP contribution in [0.5, 0.6) is 5.88 Å². The van der Waals surface area contributed by atoms with Gasteiger partial charge in [0.05, 0.1) is 19.8 Å². The van der Waals surface area contributed by atoms with Crippen LogP contribution in [0.25, 0.3) is 0 Å². The van der Waals surface area contributed by atoms with E-state index in [4.69, 9.17) is 14.5 Å². The van der Waals surface area contributed by atoms with Gasteiger partial charge in [0.1, 0.15) is 17.5 Å². The molecule has 4 fully saturated rings. The third-order valence-electron chi connectivity index (χ3n) is 9.43. The van der Waals surface area contributed by atoms with Crippen molar-refractivity contribution in [2.24, 2.45) is 5.41 Å². The highest BCUT2D eigenvalue weighted by Crippen LogP contribution is 2.47. The first-order chi connectivity index (χ1) is 19.2. The fourth-order valence-electron chi connectivity index (χ4n) is 7.05. The predicted octanol–water partition coefficient (Wildman–Crippen LogP) is 2.94. The van der Waals surface area contributed by atoms with E-state index in [1.54, 1.807) is 0 Å². The van der Waals surface area contributed by atoms with Crippen molar-refractivity contribution in [1.82, 2.24) is 20.1 Å². The second-order valence-electron chi connectivity index (χ2n) is 12.4. The second-order valence-corrected chi connectivity index (χ2v) is 12.4. The highest BCUT2D eigenvalue weighted by atomic mass is 16.5. The lowest BCUT2D eigenvalue weighted by Gasteiger charge is -2.38. The van der Waals surface area contributed by atoms with Crippen LogP contribution >= 0.6 is 0 Å². The number of nitrogens with one attached hydrogen (secondary N) is 1. The summed E-state index contributed by atoms with van der Waals surface area (Å²) in [6, 6.07) is 14.2. The Morgan fingerprint density at radius 1 is 1.03 bits per heavy atom. The summed E-state index contributed by atoms with van der Waals surface area (Å²) in [5.74, 6) is 1.61. The Kier molecular flexibility index (Phi) is 6.94. The van der Waals surface area contributed by atoms with Crippen LogP contribution < -0.4 is 15.0 Å². The zero-order valence-corrected chi connectivity index (χ0v) is 22.9. The van der Waals surface area contributed by atoms with Crippen LogP contribution in [-0.2, 0) is 24.2 Å². The smallest absolute Gasteiger partial charge is 0.234 e. The number of benzene rings is 1. The number of anilines is 1. The van der Waals surface area contributed by atoms with E-state index in [1.807, 2.05) is 0 Å². The van der Waals surface area contributed by atoms with Gasteiger partial charge in [0.2, 0.25) is 5.88 Å². The number of pyridine rings is 1. The summed E-state index contributed by atoms with van der Waals surface area (Å²) in [5, 5.41) is 14.2. The van der Waals surface area contributed by atoms with Gasteiger partial charge in [-0.2, -0.15) is 10.2 Å². The first-order valence-corrected chi connectivity index (χ1v) is 14.8. The van der Waals surface area contributed by atoms with Crippen LogP contribution in [0.1, 0.15) is 47.9 Å². The Labute approximate surface area is 231 Å². The molecule has 2 bridgehead atoms. The average Bonchev–Trinajstić information content (AvgIpc) is 3.65. The molecule has 2 atom stereocenters. The lowest BCUT2D eigenvalue weighted by molar-refractivity contribution is 0.0233. The largest absolute Gasteiger partial charge is 0.476 e. The van der Waals surface area contributed by atoms with E-state index in [0.717, 1.165) is 83.4 Å². The van der Waals surface area contributed by atoms with Crippen LogP contribution in [0.2, 0.25) is 0 Å². The maximum Gasteiger partial charge on any atom is 0.234 e. The normalized spacial score (nSPS) is 26.2. The first-order valence-electron chi connectivity index (χ1n) is 14.8. The molecule has 7 rings (SSSR count). The van der Waals surface area contributed by atoms with Gasteiger partial charge in [-0.3, -0.25) is 9.80 Å². The molecule has 0 radical (unpaired) electrons. The second kappa shape index (κ2) is 10.7. The van der Waals surface area contributed by atoms with Gasteiger partial charge >= 0.3 is 0 Å². The molecule has 206 valence electrons. The fourth-order valence-corrected chi connectivity index (χ4v) is 7.05. The molecule has 5 aliphatic rings. The molecule has 5 heterocycles. The summed E-state index contributed by atoms with van der Waals surface area (Å²) in [6.07, 6.45) is 5.74. The van der Waals surface area contributed by atoms with Crippen molar-refractivity contribution >= 4 is 5.82 Å². The molecule has 1 aromatic heterocycles. The van der Waals surface area contributed by atoms with Gasteiger partial charge in [-0.25, -0.2) is 0 Å². The number of morpholine rings is 1. The zero-order chi connectivity index (χ0) is 26.2. The molecule has 39 heavy (non-hydrogen) atoms. The molecule has 4 aliphatic heterocycles. The first kappa shape index (κ1) is 25.3. The zero-order valence-electron chi connectivity index (χ0n) is 22.9. The van der Waals surface area contributed by atoms with Gasteiger partial charge in [-0.15, -0.1) is 0 Å². The van der Waals surface area contributed by atoms with Gasteiger partial charge in [0, 0.05) is 75.4 Å². The van der Waals surface area contributed by atoms with Crippen LogP contribution in [0.3, 0.4) is 0 Å². The predicted molar refractivity (Wildman–Crippen MR) is 150 cm³/mol. The molecule has 1 aromatic carbocycles. The number of nitrogens with zero attached hydrogens (tertiary/aromatic N) is 5. The topological polar surface area (TPSA) is 76.9 Å². The van der Waals surface area contributed by atoms with Crippen molar-refractivity contribution in [2.45, 2.75) is 57.3 Å². The van der Waals surface area contributed by atoms with E-state index in [9.17, 15) is 5.26 Å². The van der Waals surface area contributed by atoms with Gasteiger partial charge < -0.3 is 19.7 Å². The minimum absolute atomic E-state index is 0.176. The van der Waals surface area contributed by atoms with Crippen molar-refractivity contribution in [3.8, 4) is 11.9 Å². The highest BCUT2D eigenvalue weighted by molar-refractivity contribution is 5.61. The molecule has 3 saturated heterocycles. The van der Waals surface area contributed by atoms with E-state index in [1.165, 1.54) is 36.8 Å². The standard InChI is InChI=1S/C31H40N6O2/c32-16-27-28-20-36(17-23-4-2-1-3-5-23)11-8-26(28)29(37-18-24-6-7-25(19-37)33-24)34-30(27)39-22-31(9-10-31)21-35-12-14-38-15-13-35/h1-5,24-25,33H,6-15,17-22H2/t24-,25+. The van der Waals surface area contributed by atoms with Crippen molar-refractivity contribution in [1.29, 1.82) is 5.26 Å². The molecular formula is C31H40N6O2. The molecule has 1 saturated carbocycles. The number of hydrogen-bond donors (Lipinski definition) is 1. The number of nitriles is 1. The molecular weight excluding hydrogens is 488 g/mol. The lowest BCUT2D eigenvalue weighted by Crippen LogP contribution is -2.52. The third kappa shape index (κ3) is 5.38. The van der Waals surface area contributed by atoms with Crippen LogP contribution in [0.4, 0.5) is 5.82 Å². The van der Waals surface area contributed by atoms with Crippen molar-refractivity contribution in [3.63, 3.8) is 0 Å². The van der Waals surface area contributed by atoms with Gasteiger partial charge in [-0.1, -0.05) is 30.3 Å². The Bertz CT molecular complexity index is 1210. The monoisotopic (exact) mass is 528 g/mol. The number of hydrogen-bond acceptors (Lipinski definition) is 8. The quantitative estimate of drug-likeness (QED) is 0.561. The van der Waals surface area contributed by atoms with Gasteiger partial charge in [-0.05, 0) is 43.2 Å². The Hall–Kier alpha value is -2.70. The maximum absolute atomic E-state index is 10.4. The Balaban J connectivity index is 1.17. The molecule has 2 aromatic rings. The summed E-state index contributed by atoms with van der Waals surface area (Å²) in [4.78, 5) is 12.6. The number of piperazine rings is 1. The fraction of sp³-hybridized carbons (Fsp3) is 0.613. The molecule has 8 heteroatoms. The molecule has 0 spiro atoms. The summed E-state index contributed by atoms with van der Waals surface area (Å²) < 4.78 is 12.1. The van der Waals surface area contributed by atoms with Crippen molar-refractivity contribution in [2.75, 3.05) is 64.0 Å². The third-order valence-corrected chi connectivity index (χ3v) is 9.43. The number of fused-ring (bicyclic) bond motifs is 3. The summed E-state index contributed by atoms with van der Waals surface area (Å²) in [5.41, 5.74) is 4.52. The van der Waals surface area contributed by atoms with Crippen molar-refractivity contribution in [3.05, 3.63) is 52.6 Å². The van der Waals surface area contributed by atoms with Crippen molar-refractivity contribution < 1.29 is 9.47 Å². The highest BCUT2D eigenvalue weighted by Gasteiger charge is 2.45. The van der Waals surface area contributed by atoms with E-state index in [2.05, 4.69) is 56.4 Å². The van der Waals surface area contributed by atoms with E-state index < -0.39 is 0 Å². The summed E-state index contributed by atoms with van der Waals surface area (Å²) >= 11 is 0. The molecule has 1 N–H and O–H groups in total. The molecule has 8 nitrogen and oxygen atoms in total. The molecule has 0 amide bonds. The molecule has 1 aliphatic carbocycles. The summed E-state index contributed by atoms with van der Waals surface area (Å²) in [6.45, 7) is 9.89. The van der Waals surface area contributed by atoms with Gasteiger partial charge in [0.15, 0.2) is 0 Å². The maximum atomic E-state index is 10.4. The minimum atomic E-state index is 0.176. The minimum Gasteiger partial charge on any atom is -0.476 e. The van der Waals surface area contributed by atoms with Gasteiger partial charge in [0.25, 0.3) is 0 Å². The van der Waals surface area contributed by atoms with E-state index in [-0.39, 0.29) is 5.41 Å². The van der Waals surface area contributed by atoms with E-state index >= 15 is 0 Å². The number of aromatic nitrogens is 1. The lowest BCUT2D eigenvalue weighted by atomic mass is 9.95. The van der Waals surface area contributed by atoms with Crippen LogP contribution in [-0.4, -0.2) is 86.0 Å². The number of ether oxygens (including phenoxy) is 2. The number of rotatable bonds is 8. The summed E-state index contributed by atoms with van der Waals surface area (Å²) in [7, 11) is 0. The van der Waals surface area contributed by atoms with E-state index in [0.29, 0.717) is 30.1 Å². The van der Waals surface area contributed by atoms with Crippen LogP contribution in [0.15, 0.2) is 30.3 Å². The Morgan fingerprint density at radius 3 is 2.51 bits per heavy atom. The van der Waals surface area contributed by atoms with Crippen LogP contribution in [0, 0.1) is 16.7 Å². The molecule has 0 unspecified atom stereocenters. The Morgan fingerprint density at radius 2 is 1.79 bits per heavy atom.